The summed E-state index contributed by atoms with van der Waals surface area (Å²) in [5.74, 6) is -0.561. The minimum Gasteiger partial charge on any atom is -0.351 e. The zero-order valence-electron chi connectivity index (χ0n) is 13.5. The Hall–Kier alpha value is -2.67. The second kappa shape index (κ2) is 8.26. The van der Waals surface area contributed by atoms with E-state index in [4.69, 9.17) is 0 Å². The van der Waals surface area contributed by atoms with Gasteiger partial charge in [0.2, 0.25) is 11.8 Å². The minimum absolute atomic E-state index is 0.166. The molecule has 2 aromatic rings. The summed E-state index contributed by atoms with van der Waals surface area (Å²) in [6, 6.07) is 7.03. The van der Waals surface area contributed by atoms with E-state index in [0.717, 1.165) is 5.56 Å². The number of carbonyl (C=O) groups excluding carboxylic acids is 3. The Balaban J connectivity index is 1.86. The van der Waals surface area contributed by atoms with Crippen LogP contribution in [0.2, 0.25) is 0 Å². The van der Waals surface area contributed by atoms with Crippen molar-refractivity contribution >= 4 is 40.4 Å². The van der Waals surface area contributed by atoms with Crippen molar-refractivity contribution in [2.24, 2.45) is 0 Å². The van der Waals surface area contributed by atoms with E-state index in [1.54, 1.807) is 29.6 Å². The maximum atomic E-state index is 12.0. The van der Waals surface area contributed by atoms with E-state index in [9.17, 15) is 14.4 Å². The fourth-order valence-corrected chi connectivity index (χ4v) is 2.73. The Morgan fingerprint density at radius 2 is 1.79 bits per heavy atom. The van der Waals surface area contributed by atoms with Crippen LogP contribution < -0.4 is 16.0 Å². The molecule has 0 atom stereocenters. The third-order valence-corrected chi connectivity index (χ3v) is 4.02. The molecule has 3 amide bonds. The highest BCUT2D eigenvalue weighted by Crippen LogP contribution is 2.23. The minimum atomic E-state index is -0.205. The van der Waals surface area contributed by atoms with Gasteiger partial charge < -0.3 is 16.0 Å². The van der Waals surface area contributed by atoms with Crippen molar-refractivity contribution in [2.75, 3.05) is 17.2 Å². The number of benzene rings is 1. The third-order valence-electron chi connectivity index (χ3n) is 3.34. The lowest BCUT2D eigenvalue weighted by atomic mass is 10.1. The molecule has 1 aromatic heterocycles. The van der Waals surface area contributed by atoms with Crippen LogP contribution in [0.1, 0.15) is 29.3 Å². The highest BCUT2D eigenvalue weighted by molar-refractivity contribution is 7.08. The Morgan fingerprint density at radius 1 is 1.08 bits per heavy atom. The molecule has 1 heterocycles. The van der Waals surface area contributed by atoms with Crippen molar-refractivity contribution in [1.82, 2.24) is 5.32 Å². The van der Waals surface area contributed by atoms with Crippen LogP contribution in [0.3, 0.4) is 0 Å². The van der Waals surface area contributed by atoms with Gasteiger partial charge in [-0.1, -0.05) is 6.07 Å². The van der Waals surface area contributed by atoms with E-state index in [0.29, 0.717) is 16.9 Å². The highest BCUT2D eigenvalue weighted by Gasteiger charge is 2.10. The molecule has 7 heteroatoms. The smallest absolute Gasteiger partial charge is 0.252 e. The summed E-state index contributed by atoms with van der Waals surface area (Å²) in [5, 5.41) is 11.8. The fourth-order valence-electron chi connectivity index (χ4n) is 2.09. The van der Waals surface area contributed by atoms with Gasteiger partial charge in [0.1, 0.15) is 0 Å². The van der Waals surface area contributed by atoms with Gasteiger partial charge in [-0.05, 0) is 36.1 Å². The molecule has 0 aliphatic carbocycles. The van der Waals surface area contributed by atoms with Gasteiger partial charge in [-0.3, -0.25) is 14.4 Å². The highest BCUT2D eigenvalue weighted by atomic mass is 32.1. The second-order valence-electron chi connectivity index (χ2n) is 5.23. The molecule has 0 saturated carbocycles. The number of carbonyl (C=O) groups is 3. The summed E-state index contributed by atoms with van der Waals surface area (Å²) >= 11 is 1.45. The molecule has 6 nitrogen and oxygen atoms in total. The summed E-state index contributed by atoms with van der Waals surface area (Å²) in [6.45, 7) is 3.50. The molecule has 0 aliphatic heterocycles. The zero-order chi connectivity index (χ0) is 17.5. The van der Waals surface area contributed by atoms with Gasteiger partial charge in [0.25, 0.3) is 5.91 Å². The monoisotopic (exact) mass is 345 g/mol. The average Bonchev–Trinajstić information content (AvgIpc) is 3.05. The van der Waals surface area contributed by atoms with Crippen molar-refractivity contribution in [3.63, 3.8) is 0 Å². The first-order valence-corrected chi connectivity index (χ1v) is 8.39. The van der Waals surface area contributed by atoms with Crippen molar-refractivity contribution < 1.29 is 14.4 Å². The molecule has 2 rings (SSSR count). The number of hydrogen-bond acceptors (Lipinski definition) is 4. The number of amides is 3. The van der Waals surface area contributed by atoms with Gasteiger partial charge in [0, 0.05) is 42.2 Å². The first kappa shape index (κ1) is 17.7. The van der Waals surface area contributed by atoms with E-state index >= 15 is 0 Å². The fraction of sp³-hybridized carbons (Fsp3) is 0.235. The number of rotatable bonds is 6. The topological polar surface area (TPSA) is 87.3 Å². The maximum absolute atomic E-state index is 12.0. The van der Waals surface area contributed by atoms with Gasteiger partial charge in [0.15, 0.2) is 0 Å². The lowest BCUT2D eigenvalue weighted by molar-refractivity contribution is -0.116. The summed E-state index contributed by atoms with van der Waals surface area (Å²) < 4.78 is 0. The normalized spacial score (nSPS) is 10.1. The van der Waals surface area contributed by atoms with Gasteiger partial charge in [-0.2, -0.15) is 11.3 Å². The number of hydrogen-bond donors (Lipinski definition) is 3. The van der Waals surface area contributed by atoms with E-state index in [2.05, 4.69) is 16.0 Å². The van der Waals surface area contributed by atoms with E-state index in [-0.39, 0.29) is 30.7 Å². The molecule has 0 fully saturated rings. The Bertz CT molecular complexity index is 742. The van der Waals surface area contributed by atoms with Crippen molar-refractivity contribution in [1.29, 1.82) is 0 Å². The number of anilines is 2. The average molecular weight is 345 g/mol. The first-order chi connectivity index (χ1) is 11.5. The van der Waals surface area contributed by atoms with Crippen LogP contribution >= 0.6 is 11.3 Å². The largest absolute Gasteiger partial charge is 0.351 e. The third kappa shape index (κ3) is 4.92. The molecule has 0 bridgehead atoms. The standard InChI is InChI=1S/C17H19N3O3S/c1-11-14(19-12(2)21)4-3-5-15(11)20-16(22)6-8-18-17(23)13-7-9-24-10-13/h3-5,7,9-10H,6,8H2,1-2H3,(H,18,23)(H,19,21)(H,20,22). The van der Waals surface area contributed by atoms with Crippen LogP contribution in [0.4, 0.5) is 11.4 Å². The number of nitrogens with one attached hydrogen (secondary N) is 3. The molecule has 0 radical (unpaired) electrons. The molecule has 126 valence electrons. The van der Waals surface area contributed by atoms with Crippen LogP contribution in [-0.4, -0.2) is 24.3 Å². The summed E-state index contributed by atoms with van der Waals surface area (Å²) in [6.07, 6.45) is 0.166. The molecule has 24 heavy (non-hydrogen) atoms. The van der Waals surface area contributed by atoms with Crippen LogP contribution in [0.25, 0.3) is 0 Å². The lowest BCUT2D eigenvalue weighted by Gasteiger charge is -2.13. The van der Waals surface area contributed by atoms with Crippen LogP contribution in [0.15, 0.2) is 35.0 Å². The summed E-state index contributed by atoms with van der Waals surface area (Å²) in [5.41, 5.74) is 2.67. The lowest BCUT2D eigenvalue weighted by Crippen LogP contribution is -2.27. The van der Waals surface area contributed by atoms with Crippen LogP contribution in [0.5, 0.6) is 0 Å². The quantitative estimate of drug-likeness (QED) is 0.752. The first-order valence-electron chi connectivity index (χ1n) is 7.45. The van der Waals surface area contributed by atoms with Gasteiger partial charge in [-0.15, -0.1) is 0 Å². The Kier molecular flexibility index (Phi) is 6.08. The Morgan fingerprint density at radius 3 is 2.42 bits per heavy atom. The molecule has 0 unspecified atom stereocenters. The zero-order valence-corrected chi connectivity index (χ0v) is 14.3. The van der Waals surface area contributed by atoms with E-state index < -0.39 is 0 Å². The molecule has 1 aromatic carbocycles. The second-order valence-corrected chi connectivity index (χ2v) is 6.01. The summed E-state index contributed by atoms with van der Waals surface area (Å²) in [4.78, 5) is 35.0. The predicted molar refractivity (Wildman–Crippen MR) is 95.4 cm³/mol. The predicted octanol–water partition coefficient (Wildman–Crippen LogP) is 2.77. The SMILES string of the molecule is CC(=O)Nc1cccc(NC(=O)CCNC(=O)c2ccsc2)c1C. The number of thiophene rings is 1. The van der Waals surface area contributed by atoms with E-state index in [1.165, 1.54) is 18.3 Å². The van der Waals surface area contributed by atoms with Gasteiger partial charge in [0.05, 0.1) is 0 Å². The molecule has 0 spiro atoms. The molecular weight excluding hydrogens is 326 g/mol. The van der Waals surface area contributed by atoms with E-state index in [1.807, 2.05) is 12.3 Å². The van der Waals surface area contributed by atoms with Crippen molar-refractivity contribution in [3.8, 4) is 0 Å². The molecule has 3 N–H and O–H groups in total. The Labute approximate surface area is 144 Å². The van der Waals surface area contributed by atoms with Crippen molar-refractivity contribution in [2.45, 2.75) is 20.3 Å². The van der Waals surface area contributed by atoms with Crippen LogP contribution in [-0.2, 0) is 9.59 Å². The van der Waals surface area contributed by atoms with Crippen LogP contribution in [0, 0.1) is 6.92 Å². The van der Waals surface area contributed by atoms with Gasteiger partial charge >= 0.3 is 0 Å². The van der Waals surface area contributed by atoms with Crippen molar-refractivity contribution in [3.05, 3.63) is 46.2 Å². The molecule has 0 saturated heterocycles. The summed E-state index contributed by atoms with van der Waals surface area (Å²) in [7, 11) is 0. The molecular formula is C17H19N3O3S. The maximum Gasteiger partial charge on any atom is 0.252 e. The molecule has 0 aliphatic rings. The van der Waals surface area contributed by atoms with Gasteiger partial charge in [-0.25, -0.2) is 0 Å².